The summed E-state index contributed by atoms with van der Waals surface area (Å²) in [6.07, 6.45) is 2.73. The van der Waals surface area contributed by atoms with Crippen LogP contribution >= 0.6 is 0 Å². The predicted molar refractivity (Wildman–Crippen MR) is 80.3 cm³/mol. The highest BCUT2D eigenvalue weighted by molar-refractivity contribution is 6.12. The van der Waals surface area contributed by atoms with Crippen LogP contribution in [0.5, 0.6) is 0 Å². The molecule has 1 aromatic heterocycles. The second-order valence-corrected chi connectivity index (χ2v) is 5.52. The van der Waals surface area contributed by atoms with E-state index in [1.165, 1.54) is 11.1 Å². The third-order valence-corrected chi connectivity index (χ3v) is 4.35. The van der Waals surface area contributed by atoms with Crippen LogP contribution < -0.4 is 0 Å². The SMILES string of the molecule is Cc1cccc2[nH]cc(C(=O)C3Cc4ccccc43)c12. The fourth-order valence-corrected chi connectivity index (χ4v) is 3.24. The van der Waals surface area contributed by atoms with Crippen LogP contribution in [0.25, 0.3) is 10.9 Å². The van der Waals surface area contributed by atoms with Crippen molar-refractivity contribution >= 4 is 16.7 Å². The molecule has 2 heteroatoms. The molecule has 3 aromatic rings. The van der Waals surface area contributed by atoms with Crippen molar-refractivity contribution in [1.29, 1.82) is 0 Å². The van der Waals surface area contributed by atoms with Gasteiger partial charge in [0, 0.05) is 22.7 Å². The average Bonchev–Trinajstić information content (AvgIpc) is 2.85. The largest absolute Gasteiger partial charge is 0.360 e. The highest BCUT2D eigenvalue weighted by Gasteiger charge is 2.33. The molecule has 1 unspecified atom stereocenters. The number of aromatic nitrogens is 1. The van der Waals surface area contributed by atoms with Gasteiger partial charge in [-0.2, -0.15) is 0 Å². The number of Topliss-reactive ketones (excluding diaryl/α,β-unsaturated/α-hetero) is 1. The van der Waals surface area contributed by atoms with Crippen LogP contribution in [0.1, 0.15) is 33.0 Å². The molecule has 1 heterocycles. The van der Waals surface area contributed by atoms with E-state index in [1.807, 2.05) is 30.5 Å². The monoisotopic (exact) mass is 261 g/mol. The number of H-pyrrole nitrogens is 1. The van der Waals surface area contributed by atoms with Crippen molar-refractivity contribution in [2.75, 3.05) is 0 Å². The molecule has 0 amide bonds. The maximum absolute atomic E-state index is 12.8. The summed E-state index contributed by atoms with van der Waals surface area (Å²) in [4.78, 5) is 16.0. The molecule has 1 aliphatic carbocycles. The summed E-state index contributed by atoms with van der Waals surface area (Å²) in [5, 5.41) is 1.07. The molecule has 0 radical (unpaired) electrons. The fraction of sp³-hybridized carbons (Fsp3) is 0.167. The molecule has 0 saturated carbocycles. The number of rotatable bonds is 2. The lowest BCUT2D eigenvalue weighted by molar-refractivity contribution is 0.0950. The number of aryl methyl sites for hydroxylation is 1. The summed E-state index contributed by atoms with van der Waals surface area (Å²) in [5.74, 6) is 0.272. The van der Waals surface area contributed by atoms with Crippen molar-refractivity contribution in [1.82, 2.24) is 4.98 Å². The van der Waals surface area contributed by atoms with E-state index in [9.17, 15) is 4.79 Å². The second kappa shape index (κ2) is 4.07. The van der Waals surface area contributed by atoms with Gasteiger partial charge in [-0.15, -0.1) is 0 Å². The van der Waals surface area contributed by atoms with Crippen LogP contribution in [0.3, 0.4) is 0 Å². The molecule has 2 aromatic carbocycles. The Morgan fingerprint density at radius 3 is 2.85 bits per heavy atom. The molecule has 20 heavy (non-hydrogen) atoms. The number of benzene rings is 2. The van der Waals surface area contributed by atoms with E-state index in [4.69, 9.17) is 0 Å². The Labute approximate surface area is 117 Å². The van der Waals surface area contributed by atoms with Crippen molar-refractivity contribution in [2.45, 2.75) is 19.3 Å². The molecule has 4 rings (SSSR count). The summed E-state index contributed by atoms with van der Waals surface area (Å²) in [7, 11) is 0. The number of hydrogen-bond donors (Lipinski definition) is 1. The quantitative estimate of drug-likeness (QED) is 0.695. The Morgan fingerprint density at radius 2 is 2.00 bits per heavy atom. The molecule has 98 valence electrons. The summed E-state index contributed by atoms with van der Waals surface area (Å²) >= 11 is 0. The standard InChI is InChI=1S/C18H15NO/c1-11-5-4-8-16-17(11)15(10-19-16)18(20)14-9-12-6-2-3-7-13(12)14/h2-8,10,14,19H,9H2,1H3. The number of nitrogens with one attached hydrogen (secondary N) is 1. The molecule has 2 nitrogen and oxygen atoms in total. The molecule has 0 aliphatic heterocycles. The summed E-state index contributed by atoms with van der Waals surface area (Å²) in [6, 6.07) is 14.3. The van der Waals surface area contributed by atoms with Crippen molar-refractivity contribution in [2.24, 2.45) is 0 Å². The maximum Gasteiger partial charge on any atom is 0.172 e. The van der Waals surface area contributed by atoms with Crippen LogP contribution in [0, 0.1) is 6.92 Å². The zero-order valence-electron chi connectivity index (χ0n) is 11.3. The molecule has 0 spiro atoms. The highest BCUT2D eigenvalue weighted by atomic mass is 16.1. The Hall–Kier alpha value is -2.35. The topological polar surface area (TPSA) is 32.9 Å². The Morgan fingerprint density at radius 1 is 1.15 bits per heavy atom. The molecule has 1 N–H and O–H groups in total. The van der Waals surface area contributed by atoms with Gasteiger partial charge in [0.15, 0.2) is 5.78 Å². The van der Waals surface area contributed by atoms with Crippen molar-refractivity contribution < 1.29 is 4.79 Å². The van der Waals surface area contributed by atoms with Gasteiger partial charge in [-0.3, -0.25) is 4.79 Å². The maximum atomic E-state index is 12.8. The van der Waals surface area contributed by atoms with E-state index in [-0.39, 0.29) is 11.7 Å². The molecular formula is C18H15NO. The number of aromatic amines is 1. The van der Waals surface area contributed by atoms with Crippen LogP contribution in [0.2, 0.25) is 0 Å². The zero-order valence-corrected chi connectivity index (χ0v) is 11.3. The van der Waals surface area contributed by atoms with Gasteiger partial charge in [-0.05, 0) is 36.1 Å². The first-order chi connectivity index (χ1) is 9.75. The lowest BCUT2D eigenvalue weighted by atomic mass is 9.73. The van der Waals surface area contributed by atoms with Gasteiger partial charge in [0.05, 0.1) is 5.92 Å². The van der Waals surface area contributed by atoms with Crippen molar-refractivity contribution in [3.8, 4) is 0 Å². The minimum absolute atomic E-state index is 0.0322. The third-order valence-electron chi connectivity index (χ3n) is 4.35. The molecule has 1 atom stereocenters. The first-order valence-electron chi connectivity index (χ1n) is 6.94. The minimum atomic E-state index is 0.0322. The Bertz CT molecular complexity index is 828. The molecule has 1 aliphatic rings. The van der Waals surface area contributed by atoms with Gasteiger partial charge >= 0.3 is 0 Å². The van der Waals surface area contributed by atoms with Crippen LogP contribution in [0.4, 0.5) is 0 Å². The van der Waals surface area contributed by atoms with E-state index in [2.05, 4.69) is 30.1 Å². The Kier molecular flexibility index (Phi) is 2.34. The average molecular weight is 261 g/mol. The molecule has 0 fully saturated rings. The first kappa shape index (κ1) is 11.5. The Balaban J connectivity index is 1.80. The molecular weight excluding hydrogens is 246 g/mol. The normalized spacial score (nSPS) is 16.8. The first-order valence-corrected chi connectivity index (χ1v) is 6.94. The lowest BCUT2D eigenvalue weighted by Crippen LogP contribution is -2.25. The third kappa shape index (κ3) is 1.48. The zero-order chi connectivity index (χ0) is 13.7. The number of fused-ring (bicyclic) bond motifs is 2. The van der Waals surface area contributed by atoms with Crippen molar-refractivity contribution in [3.05, 3.63) is 70.9 Å². The second-order valence-electron chi connectivity index (χ2n) is 5.52. The number of ketones is 1. The van der Waals surface area contributed by atoms with E-state index >= 15 is 0 Å². The highest BCUT2D eigenvalue weighted by Crippen LogP contribution is 2.38. The van der Waals surface area contributed by atoms with Crippen LogP contribution in [0.15, 0.2) is 48.7 Å². The summed E-state index contributed by atoms with van der Waals surface area (Å²) < 4.78 is 0. The fourth-order valence-electron chi connectivity index (χ4n) is 3.24. The molecule has 0 saturated heterocycles. The summed E-state index contributed by atoms with van der Waals surface area (Å²) in [5.41, 5.74) is 5.53. The summed E-state index contributed by atoms with van der Waals surface area (Å²) in [6.45, 7) is 2.06. The number of carbonyl (C=O) groups excluding carboxylic acids is 1. The van der Waals surface area contributed by atoms with Gasteiger partial charge in [0.2, 0.25) is 0 Å². The number of hydrogen-bond acceptors (Lipinski definition) is 1. The van der Waals surface area contributed by atoms with E-state index in [0.717, 1.165) is 28.5 Å². The van der Waals surface area contributed by atoms with E-state index in [1.54, 1.807) is 0 Å². The van der Waals surface area contributed by atoms with Gasteiger partial charge in [-0.1, -0.05) is 36.4 Å². The number of carbonyl (C=O) groups is 1. The van der Waals surface area contributed by atoms with Crippen LogP contribution in [-0.2, 0) is 6.42 Å². The van der Waals surface area contributed by atoms with E-state index < -0.39 is 0 Å². The minimum Gasteiger partial charge on any atom is -0.360 e. The van der Waals surface area contributed by atoms with Gasteiger partial charge < -0.3 is 4.98 Å². The molecule has 0 bridgehead atoms. The van der Waals surface area contributed by atoms with Gasteiger partial charge in [0.25, 0.3) is 0 Å². The van der Waals surface area contributed by atoms with Crippen molar-refractivity contribution in [3.63, 3.8) is 0 Å². The van der Waals surface area contributed by atoms with Gasteiger partial charge in [-0.25, -0.2) is 0 Å². The predicted octanol–water partition coefficient (Wildman–Crippen LogP) is 4.00. The van der Waals surface area contributed by atoms with Gasteiger partial charge in [0.1, 0.15) is 0 Å². The lowest BCUT2D eigenvalue weighted by Gasteiger charge is -2.28. The van der Waals surface area contributed by atoms with Crippen LogP contribution in [-0.4, -0.2) is 10.8 Å². The smallest absolute Gasteiger partial charge is 0.172 e. The van der Waals surface area contributed by atoms with E-state index in [0.29, 0.717) is 0 Å².